The van der Waals surface area contributed by atoms with Gasteiger partial charge in [0, 0.05) is 12.4 Å². The highest BCUT2D eigenvalue weighted by Crippen LogP contribution is 2.26. The predicted molar refractivity (Wildman–Crippen MR) is 77.9 cm³/mol. The second kappa shape index (κ2) is 4.97. The third-order valence-electron chi connectivity index (χ3n) is 3.48. The zero-order valence-corrected chi connectivity index (χ0v) is 11.7. The molecule has 0 fully saturated rings. The summed E-state index contributed by atoms with van der Waals surface area (Å²) >= 11 is 0. The van der Waals surface area contributed by atoms with Gasteiger partial charge in [-0.25, -0.2) is 15.0 Å². The molecule has 1 N–H and O–H groups in total. The number of imidazole rings is 1. The van der Waals surface area contributed by atoms with E-state index in [-0.39, 0.29) is 6.54 Å². The lowest BCUT2D eigenvalue weighted by molar-refractivity contribution is -0.137. The van der Waals surface area contributed by atoms with Gasteiger partial charge in [0.25, 0.3) is 0 Å². The van der Waals surface area contributed by atoms with Crippen LogP contribution in [-0.4, -0.2) is 30.6 Å². The molecule has 0 saturated carbocycles. The smallest absolute Gasteiger partial charge is 0.323 e. The maximum Gasteiger partial charge on any atom is 0.323 e. The minimum atomic E-state index is -0.911. The van der Waals surface area contributed by atoms with E-state index in [1.165, 1.54) is 6.33 Å². The third-order valence-corrected chi connectivity index (χ3v) is 3.48. The molecule has 0 aliphatic heterocycles. The van der Waals surface area contributed by atoms with Gasteiger partial charge in [-0.1, -0.05) is 0 Å². The van der Waals surface area contributed by atoms with E-state index in [2.05, 4.69) is 15.0 Å². The average Bonchev–Trinajstić information content (AvgIpc) is 2.78. The second-order valence-electron chi connectivity index (χ2n) is 4.97. The van der Waals surface area contributed by atoms with Crippen LogP contribution in [0.25, 0.3) is 22.4 Å². The highest BCUT2D eigenvalue weighted by molar-refractivity contribution is 5.84. The normalized spacial score (nSPS) is 11.0. The zero-order valence-electron chi connectivity index (χ0n) is 11.7. The van der Waals surface area contributed by atoms with Crippen LogP contribution in [0, 0.1) is 13.8 Å². The van der Waals surface area contributed by atoms with Gasteiger partial charge >= 0.3 is 5.97 Å². The highest BCUT2D eigenvalue weighted by atomic mass is 16.4. The molecule has 6 heteroatoms. The number of hydrogen-bond acceptors (Lipinski definition) is 4. The van der Waals surface area contributed by atoms with Gasteiger partial charge in [0.15, 0.2) is 0 Å². The molecule has 3 rings (SSSR count). The second-order valence-corrected chi connectivity index (χ2v) is 4.97. The topological polar surface area (TPSA) is 80.9 Å². The third kappa shape index (κ3) is 2.35. The van der Waals surface area contributed by atoms with Gasteiger partial charge in [0.1, 0.15) is 18.7 Å². The Morgan fingerprint density at radius 1 is 1.19 bits per heavy atom. The number of carboxylic acid groups (broad SMARTS) is 1. The zero-order chi connectivity index (χ0) is 15.0. The largest absolute Gasteiger partial charge is 0.480 e. The van der Waals surface area contributed by atoms with Crippen LogP contribution in [0.1, 0.15) is 11.1 Å². The van der Waals surface area contributed by atoms with Crippen molar-refractivity contribution in [1.82, 2.24) is 19.5 Å². The Morgan fingerprint density at radius 2 is 1.86 bits per heavy atom. The molecule has 3 aromatic rings. The molecule has 2 aromatic heterocycles. The van der Waals surface area contributed by atoms with Crippen molar-refractivity contribution in [1.29, 1.82) is 0 Å². The Bertz CT molecular complexity index is 825. The molecular weight excluding hydrogens is 268 g/mol. The molecule has 0 aliphatic rings. The average molecular weight is 282 g/mol. The molecule has 1 aromatic carbocycles. The van der Waals surface area contributed by atoms with E-state index < -0.39 is 5.97 Å². The molecule has 0 unspecified atom stereocenters. The van der Waals surface area contributed by atoms with Crippen molar-refractivity contribution < 1.29 is 9.90 Å². The Morgan fingerprint density at radius 3 is 2.52 bits per heavy atom. The number of aromatic nitrogens is 4. The van der Waals surface area contributed by atoms with E-state index in [0.29, 0.717) is 11.4 Å². The lowest BCUT2D eigenvalue weighted by atomic mass is 10.1. The number of hydrogen-bond donors (Lipinski definition) is 1. The van der Waals surface area contributed by atoms with Gasteiger partial charge in [-0.2, -0.15) is 0 Å². The van der Waals surface area contributed by atoms with Crippen molar-refractivity contribution in [2.75, 3.05) is 0 Å². The molecule has 0 amide bonds. The van der Waals surface area contributed by atoms with Crippen LogP contribution in [0.15, 0.2) is 30.9 Å². The molecule has 2 heterocycles. The molecule has 21 heavy (non-hydrogen) atoms. The van der Waals surface area contributed by atoms with E-state index in [0.717, 1.165) is 22.2 Å². The Labute approximate surface area is 121 Å². The van der Waals surface area contributed by atoms with E-state index in [1.54, 1.807) is 17.0 Å². The first-order chi connectivity index (χ1) is 10.1. The first-order valence-electron chi connectivity index (χ1n) is 6.51. The van der Waals surface area contributed by atoms with E-state index in [4.69, 9.17) is 5.11 Å². The number of rotatable bonds is 3. The number of aryl methyl sites for hydroxylation is 2. The van der Waals surface area contributed by atoms with Crippen molar-refractivity contribution in [3.05, 3.63) is 42.0 Å². The van der Waals surface area contributed by atoms with Crippen LogP contribution >= 0.6 is 0 Å². The number of aliphatic carboxylic acids is 1. The standard InChI is InChI=1S/C15H14N4O2/c1-9-3-12-13(4-10(9)2)19(7-14(20)21)15(18-12)11-5-16-8-17-6-11/h3-6,8H,7H2,1-2H3,(H,20,21). The lowest BCUT2D eigenvalue weighted by Gasteiger charge is -2.06. The molecule has 0 atom stereocenters. The molecule has 106 valence electrons. The van der Waals surface area contributed by atoms with Crippen molar-refractivity contribution in [3.8, 4) is 11.4 Å². The van der Waals surface area contributed by atoms with Gasteiger partial charge < -0.3 is 9.67 Å². The Balaban J connectivity index is 2.30. The van der Waals surface area contributed by atoms with E-state index in [9.17, 15) is 4.79 Å². The van der Waals surface area contributed by atoms with Gasteiger partial charge in [-0.15, -0.1) is 0 Å². The van der Waals surface area contributed by atoms with Crippen molar-refractivity contribution >= 4 is 17.0 Å². The number of benzene rings is 1. The summed E-state index contributed by atoms with van der Waals surface area (Å²) in [6, 6.07) is 3.93. The monoisotopic (exact) mass is 282 g/mol. The predicted octanol–water partition coefficient (Wildman–Crippen LogP) is 2.19. The van der Waals surface area contributed by atoms with E-state index >= 15 is 0 Å². The van der Waals surface area contributed by atoms with Crippen LogP contribution in [0.5, 0.6) is 0 Å². The first-order valence-corrected chi connectivity index (χ1v) is 6.51. The van der Waals surface area contributed by atoms with Crippen LogP contribution in [-0.2, 0) is 11.3 Å². The fourth-order valence-electron chi connectivity index (χ4n) is 2.31. The number of carboxylic acids is 1. The van der Waals surface area contributed by atoms with Crippen LogP contribution in [0.2, 0.25) is 0 Å². The molecular formula is C15H14N4O2. The maximum atomic E-state index is 11.2. The van der Waals surface area contributed by atoms with Crippen LogP contribution in [0.3, 0.4) is 0 Å². The van der Waals surface area contributed by atoms with Crippen LogP contribution < -0.4 is 0 Å². The Kier molecular flexibility index (Phi) is 3.13. The first kappa shape index (κ1) is 13.2. The summed E-state index contributed by atoms with van der Waals surface area (Å²) in [6.45, 7) is 3.86. The minimum absolute atomic E-state index is 0.150. The number of carbonyl (C=O) groups is 1. The molecule has 0 spiro atoms. The molecule has 0 radical (unpaired) electrons. The molecule has 0 bridgehead atoms. The number of nitrogens with zero attached hydrogens (tertiary/aromatic N) is 4. The van der Waals surface area contributed by atoms with E-state index in [1.807, 2.05) is 26.0 Å². The van der Waals surface area contributed by atoms with Gasteiger partial charge in [0.2, 0.25) is 0 Å². The fourth-order valence-corrected chi connectivity index (χ4v) is 2.31. The van der Waals surface area contributed by atoms with Gasteiger partial charge in [-0.05, 0) is 37.1 Å². The molecule has 0 saturated heterocycles. The minimum Gasteiger partial charge on any atom is -0.480 e. The van der Waals surface area contributed by atoms with Crippen molar-refractivity contribution in [2.45, 2.75) is 20.4 Å². The summed E-state index contributed by atoms with van der Waals surface area (Å²) in [7, 11) is 0. The molecule has 0 aliphatic carbocycles. The summed E-state index contributed by atoms with van der Waals surface area (Å²) in [5, 5.41) is 9.16. The van der Waals surface area contributed by atoms with Gasteiger partial charge in [-0.3, -0.25) is 4.79 Å². The summed E-state index contributed by atoms with van der Waals surface area (Å²) in [6.07, 6.45) is 4.69. The van der Waals surface area contributed by atoms with Crippen molar-refractivity contribution in [2.24, 2.45) is 0 Å². The maximum absolute atomic E-state index is 11.2. The molecule has 6 nitrogen and oxygen atoms in total. The number of fused-ring (bicyclic) bond motifs is 1. The fraction of sp³-hybridized carbons (Fsp3) is 0.200. The van der Waals surface area contributed by atoms with Gasteiger partial charge in [0.05, 0.1) is 16.6 Å². The summed E-state index contributed by atoms with van der Waals surface area (Å²) < 4.78 is 1.68. The summed E-state index contributed by atoms with van der Waals surface area (Å²) in [5.74, 6) is -0.344. The highest BCUT2D eigenvalue weighted by Gasteiger charge is 2.16. The Hall–Kier alpha value is -2.76. The summed E-state index contributed by atoms with van der Waals surface area (Å²) in [4.78, 5) is 23.7. The van der Waals surface area contributed by atoms with Crippen LogP contribution in [0.4, 0.5) is 0 Å². The summed E-state index contributed by atoms with van der Waals surface area (Å²) in [5.41, 5.74) is 4.51. The lowest BCUT2D eigenvalue weighted by Crippen LogP contribution is -2.10. The van der Waals surface area contributed by atoms with Crippen molar-refractivity contribution in [3.63, 3.8) is 0 Å². The quantitative estimate of drug-likeness (QED) is 0.796. The SMILES string of the molecule is Cc1cc2nc(-c3cncnc3)n(CC(=O)O)c2cc1C.